The van der Waals surface area contributed by atoms with Crippen LogP contribution in [0.4, 0.5) is 18.9 Å². The number of hydrogen-bond acceptors (Lipinski definition) is 7. The van der Waals surface area contributed by atoms with E-state index in [9.17, 15) is 22.8 Å². The Kier molecular flexibility index (Phi) is 8.88. The molecule has 1 N–H and O–H groups in total. The van der Waals surface area contributed by atoms with Crippen molar-refractivity contribution >= 4 is 34.8 Å². The summed E-state index contributed by atoms with van der Waals surface area (Å²) < 4.78 is 48.0. The molecule has 0 saturated carbocycles. The van der Waals surface area contributed by atoms with E-state index in [2.05, 4.69) is 25.4 Å². The zero-order chi connectivity index (χ0) is 28.9. The third-order valence-electron chi connectivity index (χ3n) is 5.99. The normalized spacial score (nSPS) is 15.4. The van der Waals surface area contributed by atoms with Gasteiger partial charge in [-0.3, -0.25) is 9.59 Å². The standard InChI is InChI=1S/C27H25ClF3N5O4/c1-3-17-14-24(37)36(35-25(17)18-7-11-21(40-27(29,30)31)22(13-18)39-4-2)15-16-5-8-19(9-6-16)32-26(38)20-10-12-23(28)34-33-20/h5-13,17H,3-4,14-15H2,1-2H3,(H,32,38). The first-order valence-electron chi connectivity index (χ1n) is 12.4. The third kappa shape index (κ3) is 7.26. The van der Waals surface area contributed by atoms with Crippen molar-refractivity contribution in [1.82, 2.24) is 15.2 Å². The van der Waals surface area contributed by atoms with Gasteiger partial charge in [0, 0.05) is 23.6 Å². The van der Waals surface area contributed by atoms with E-state index >= 15 is 0 Å². The van der Waals surface area contributed by atoms with Crippen LogP contribution in [-0.4, -0.2) is 45.7 Å². The molecule has 1 aliphatic rings. The van der Waals surface area contributed by atoms with E-state index in [0.717, 1.165) is 5.56 Å². The lowest BCUT2D eigenvalue weighted by Crippen LogP contribution is -2.36. The summed E-state index contributed by atoms with van der Waals surface area (Å²) >= 11 is 5.70. The number of benzene rings is 2. The Bertz CT molecular complexity index is 1400. The summed E-state index contributed by atoms with van der Waals surface area (Å²) in [6.07, 6.45) is -4.07. The molecular weight excluding hydrogens is 551 g/mol. The molecule has 40 heavy (non-hydrogen) atoms. The van der Waals surface area contributed by atoms with Crippen molar-refractivity contribution in [2.24, 2.45) is 11.0 Å². The second kappa shape index (κ2) is 12.3. The smallest absolute Gasteiger partial charge is 0.490 e. The Balaban J connectivity index is 1.53. The van der Waals surface area contributed by atoms with Crippen LogP contribution in [0.2, 0.25) is 5.15 Å². The Morgan fingerprint density at radius 1 is 1.07 bits per heavy atom. The zero-order valence-electron chi connectivity index (χ0n) is 21.5. The predicted octanol–water partition coefficient (Wildman–Crippen LogP) is 5.84. The maximum atomic E-state index is 12.9. The summed E-state index contributed by atoms with van der Waals surface area (Å²) in [4.78, 5) is 25.2. The van der Waals surface area contributed by atoms with Gasteiger partial charge in [-0.1, -0.05) is 30.7 Å². The molecule has 0 spiro atoms. The lowest BCUT2D eigenvalue weighted by atomic mass is 9.89. The molecule has 13 heteroatoms. The fourth-order valence-electron chi connectivity index (χ4n) is 4.08. The van der Waals surface area contributed by atoms with Gasteiger partial charge in [-0.15, -0.1) is 23.4 Å². The Labute approximate surface area is 232 Å². The number of nitrogens with one attached hydrogen (secondary N) is 1. The van der Waals surface area contributed by atoms with Crippen LogP contribution in [0, 0.1) is 5.92 Å². The molecule has 0 radical (unpaired) electrons. The number of halogens is 4. The van der Waals surface area contributed by atoms with Crippen LogP contribution in [0.3, 0.4) is 0 Å². The molecule has 2 heterocycles. The quantitative estimate of drug-likeness (QED) is 0.343. The van der Waals surface area contributed by atoms with Crippen molar-refractivity contribution in [2.45, 2.75) is 39.6 Å². The van der Waals surface area contributed by atoms with E-state index in [4.69, 9.17) is 16.3 Å². The molecule has 0 fully saturated rings. The van der Waals surface area contributed by atoms with Crippen LogP contribution in [0.15, 0.2) is 59.7 Å². The zero-order valence-corrected chi connectivity index (χ0v) is 22.3. The SMILES string of the molecule is CCOc1cc(C2=NN(Cc3ccc(NC(=O)c4ccc(Cl)nn4)cc3)C(=O)CC2CC)ccc1OC(F)(F)F. The van der Waals surface area contributed by atoms with E-state index in [1.54, 1.807) is 31.2 Å². The highest BCUT2D eigenvalue weighted by atomic mass is 35.5. The van der Waals surface area contributed by atoms with Crippen LogP contribution in [0.25, 0.3) is 0 Å². The number of amides is 2. The highest BCUT2D eigenvalue weighted by Gasteiger charge is 2.34. The van der Waals surface area contributed by atoms with E-state index < -0.39 is 18.0 Å². The lowest BCUT2D eigenvalue weighted by Gasteiger charge is -2.29. The minimum Gasteiger partial charge on any atom is -0.490 e. The van der Waals surface area contributed by atoms with E-state index in [0.29, 0.717) is 23.4 Å². The van der Waals surface area contributed by atoms with Gasteiger partial charge >= 0.3 is 6.36 Å². The monoisotopic (exact) mass is 575 g/mol. The number of nitrogens with zero attached hydrogens (tertiary/aromatic N) is 4. The molecule has 2 amide bonds. The average Bonchev–Trinajstić information content (AvgIpc) is 2.91. The number of ether oxygens (including phenoxy) is 2. The van der Waals surface area contributed by atoms with E-state index in [-0.39, 0.29) is 48.0 Å². The second-order valence-corrected chi connectivity index (χ2v) is 9.17. The van der Waals surface area contributed by atoms with Gasteiger partial charge < -0.3 is 14.8 Å². The molecule has 0 aliphatic carbocycles. The van der Waals surface area contributed by atoms with Crippen LogP contribution >= 0.6 is 11.6 Å². The largest absolute Gasteiger partial charge is 0.573 e. The molecule has 0 saturated heterocycles. The number of hydrogen-bond donors (Lipinski definition) is 1. The van der Waals surface area contributed by atoms with Crippen LogP contribution < -0.4 is 14.8 Å². The fraction of sp³-hybridized carbons (Fsp3) is 0.296. The van der Waals surface area contributed by atoms with Crippen molar-refractivity contribution < 1.29 is 32.2 Å². The van der Waals surface area contributed by atoms with Crippen molar-refractivity contribution in [3.63, 3.8) is 0 Å². The van der Waals surface area contributed by atoms with Crippen LogP contribution in [0.5, 0.6) is 11.5 Å². The molecular formula is C27H25ClF3N5O4. The van der Waals surface area contributed by atoms with Crippen molar-refractivity contribution in [1.29, 1.82) is 0 Å². The summed E-state index contributed by atoms with van der Waals surface area (Å²) in [6.45, 7) is 3.86. The van der Waals surface area contributed by atoms with Crippen LogP contribution in [0.1, 0.15) is 48.3 Å². The summed E-state index contributed by atoms with van der Waals surface area (Å²) in [5.41, 5.74) is 2.46. The number of hydrazone groups is 1. The number of aromatic nitrogens is 2. The molecule has 9 nitrogen and oxygen atoms in total. The third-order valence-corrected chi connectivity index (χ3v) is 6.19. The van der Waals surface area contributed by atoms with Gasteiger partial charge in [0.2, 0.25) is 5.91 Å². The van der Waals surface area contributed by atoms with Gasteiger partial charge in [0.15, 0.2) is 22.3 Å². The molecule has 1 atom stereocenters. The Hall–Kier alpha value is -4.19. The highest BCUT2D eigenvalue weighted by molar-refractivity contribution is 6.29. The van der Waals surface area contributed by atoms with E-state index in [1.165, 1.54) is 35.3 Å². The molecule has 1 aliphatic heterocycles. The number of alkyl halides is 3. The summed E-state index contributed by atoms with van der Waals surface area (Å²) in [5.74, 6) is -1.38. The predicted molar refractivity (Wildman–Crippen MR) is 141 cm³/mol. The second-order valence-electron chi connectivity index (χ2n) is 8.78. The Morgan fingerprint density at radius 2 is 1.82 bits per heavy atom. The van der Waals surface area contributed by atoms with Gasteiger partial charge in [-0.05, 0) is 61.4 Å². The van der Waals surface area contributed by atoms with Crippen molar-refractivity contribution in [3.05, 3.63) is 76.6 Å². The first-order valence-corrected chi connectivity index (χ1v) is 12.8. The summed E-state index contributed by atoms with van der Waals surface area (Å²) in [5, 5.41) is 16.2. The first kappa shape index (κ1) is 28.8. The maximum absolute atomic E-state index is 12.9. The average molecular weight is 576 g/mol. The summed E-state index contributed by atoms with van der Waals surface area (Å²) in [6, 6.07) is 13.9. The number of anilines is 1. The van der Waals surface area contributed by atoms with Gasteiger partial charge in [0.25, 0.3) is 5.91 Å². The van der Waals surface area contributed by atoms with Gasteiger partial charge in [-0.25, -0.2) is 5.01 Å². The summed E-state index contributed by atoms with van der Waals surface area (Å²) in [7, 11) is 0. The minimum absolute atomic E-state index is 0.0689. The van der Waals surface area contributed by atoms with Gasteiger partial charge in [0.05, 0.1) is 18.9 Å². The molecule has 0 bridgehead atoms. The molecule has 3 aromatic rings. The molecule has 2 aromatic carbocycles. The van der Waals surface area contributed by atoms with Crippen molar-refractivity contribution in [2.75, 3.05) is 11.9 Å². The Morgan fingerprint density at radius 3 is 2.45 bits per heavy atom. The number of carbonyl (C=O) groups is 2. The lowest BCUT2D eigenvalue weighted by molar-refractivity contribution is -0.275. The van der Waals surface area contributed by atoms with E-state index in [1.807, 2.05) is 6.92 Å². The van der Waals surface area contributed by atoms with Crippen LogP contribution in [-0.2, 0) is 11.3 Å². The molecule has 1 aromatic heterocycles. The number of carbonyl (C=O) groups excluding carboxylic acids is 2. The van der Waals surface area contributed by atoms with Crippen molar-refractivity contribution in [3.8, 4) is 11.5 Å². The highest BCUT2D eigenvalue weighted by Crippen LogP contribution is 2.35. The molecule has 210 valence electrons. The fourth-order valence-corrected chi connectivity index (χ4v) is 4.18. The van der Waals surface area contributed by atoms with Gasteiger partial charge in [0.1, 0.15) is 0 Å². The van der Waals surface area contributed by atoms with Gasteiger partial charge in [-0.2, -0.15) is 5.10 Å². The molecule has 1 unspecified atom stereocenters. The molecule has 4 rings (SSSR count). The first-order chi connectivity index (χ1) is 19.1. The number of rotatable bonds is 9. The minimum atomic E-state index is -4.87. The maximum Gasteiger partial charge on any atom is 0.573 e. The topological polar surface area (TPSA) is 106 Å².